The zero-order chi connectivity index (χ0) is 10.0. The number of benzene rings is 1. The Kier molecular flexibility index (Phi) is 2.92. The predicted octanol–water partition coefficient (Wildman–Crippen LogP) is -0.282. The first kappa shape index (κ1) is 10.0. The fraction of sp³-hybridized carbons (Fsp3) is 0. The second-order valence-corrected chi connectivity index (χ2v) is 2.79. The first-order valence-electron chi connectivity index (χ1n) is 3.42. The minimum absolute atomic E-state index is 0.0156. The molecule has 0 radical (unpaired) electrons. The summed E-state index contributed by atoms with van der Waals surface area (Å²) in [4.78, 5) is 10.6. The van der Waals surface area contributed by atoms with Crippen LogP contribution in [0.25, 0.3) is 0 Å². The Morgan fingerprint density at radius 2 is 2.00 bits per heavy atom. The van der Waals surface area contributed by atoms with E-state index in [-0.39, 0.29) is 16.0 Å². The van der Waals surface area contributed by atoms with E-state index in [1.807, 2.05) is 0 Å². The molecule has 0 amide bonds. The Morgan fingerprint density at radius 3 is 2.38 bits per heavy atom. The molecule has 1 rings (SSSR count). The first-order chi connectivity index (χ1) is 6.04. The van der Waals surface area contributed by atoms with Crippen LogP contribution in [-0.4, -0.2) is 28.2 Å². The third-order valence-electron chi connectivity index (χ3n) is 1.54. The number of hydrogen-bond donors (Lipinski definition) is 3. The van der Waals surface area contributed by atoms with E-state index in [9.17, 15) is 4.79 Å². The lowest BCUT2D eigenvalue weighted by Crippen LogP contribution is -2.34. The minimum Gasteiger partial charge on any atom is -0.478 e. The Labute approximate surface area is 79.5 Å². The van der Waals surface area contributed by atoms with Crippen LogP contribution in [0, 0.1) is 0 Å². The van der Waals surface area contributed by atoms with Crippen LogP contribution in [0.15, 0.2) is 18.2 Å². The fourth-order valence-corrected chi connectivity index (χ4v) is 1.24. The van der Waals surface area contributed by atoms with E-state index in [0.29, 0.717) is 0 Å². The van der Waals surface area contributed by atoms with Gasteiger partial charge in [-0.15, -0.1) is 0 Å². The van der Waals surface area contributed by atoms with E-state index >= 15 is 0 Å². The quantitative estimate of drug-likeness (QED) is 0.574. The predicted molar refractivity (Wildman–Crippen MR) is 48.2 cm³/mol. The molecule has 0 aliphatic heterocycles. The molecular weight excluding hydrogens is 194 g/mol. The highest BCUT2D eigenvalue weighted by Crippen LogP contribution is 2.13. The van der Waals surface area contributed by atoms with Gasteiger partial charge in [-0.25, -0.2) is 4.79 Å². The van der Waals surface area contributed by atoms with E-state index in [4.69, 9.17) is 26.8 Å². The van der Waals surface area contributed by atoms with Crippen LogP contribution in [0.1, 0.15) is 10.4 Å². The molecule has 4 nitrogen and oxygen atoms in total. The largest absolute Gasteiger partial charge is 0.489 e. The number of carboxylic acid groups (broad SMARTS) is 1. The summed E-state index contributed by atoms with van der Waals surface area (Å²) in [6, 6.07) is 4.11. The van der Waals surface area contributed by atoms with Gasteiger partial charge in [0.15, 0.2) is 0 Å². The van der Waals surface area contributed by atoms with Gasteiger partial charge in [-0.2, -0.15) is 0 Å². The summed E-state index contributed by atoms with van der Waals surface area (Å²) in [5.41, 5.74) is -0.390. The molecule has 13 heavy (non-hydrogen) atoms. The lowest BCUT2D eigenvalue weighted by molar-refractivity contribution is 0.0698. The molecule has 1 aromatic rings. The summed E-state index contributed by atoms with van der Waals surface area (Å²) in [5, 5.41) is 26.3. The molecule has 3 N–H and O–H groups in total. The molecule has 6 heteroatoms. The monoisotopic (exact) mass is 200 g/mol. The lowest BCUT2D eigenvalue weighted by Gasteiger charge is -2.05. The Bertz CT molecular complexity index is 339. The van der Waals surface area contributed by atoms with Gasteiger partial charge in [0, 0.05) is 0 Å². The molecule has 1 aromatic carbocycles. The van der Waals surface area contributed by atoms with Crippen molar-refractivity contribution in [2.24, 2.45) is 0 Å². The molecule has 0 aliphatic carbocycles. The highest BCUT2D eigenvalue weighted by molar-refractivity contribution is 6.61. The van der Waals surface area contributed by atoms with Gasteiger partial charge >= 0.3 is 13.1 Å². The van der Waals surface area contributed by atoms with Crippen molar-refractivity contribution in [2.75, 3.05) is 0 Å². The maximum Gasteiger partial charge on any atom is 0.489 e. The highest BCUT2D eigenvalue weighted by Gasteiger charge is 2.22. The van der Waals surface area contributed by atoms with Gasteiger partial charge in [-0.05, 0) is 11.5 Å². The van der Waals surface area contributed by atoms with Gasteiger partial charge in [0.25, 0.3) is 0 Å². The molecule has 0 heterocycles. The smallest absolute Gasteiger partial charge is 0.478 e. The summed E-state index contributed by atoms with van der Waals surface area (Å²) in [5.74, 6) is -1.28. The zero-order valence-electron chi connectivity index (χ0n) is 6.44. The highest BCUT2D eigenvalue weighted by atomic mass is 35.5. The van der Waals surface area contributed by atoms with Crippen LogP contribution in [0.3, 0.4) is 0 Å². The number of aromatic carboxylic acids is 1. The molecule has 0 fully saturated rings. The van der Waals surface area contributed by atoms with Gasteiger partial charge < -0.3 is 15.2 Å². The molecule has 0 atom stereocenters. The Hall–Kier alpha value is -1.04. The van der Waals surface area contributed by atoms with E-state index < -0.39 is 13.1 Å². The second-order valence-electron chi connectivity index (χ2n) is 2.38. The topological polar surface area (TPSA) is 77.8 Å². The average Bonchev–Trinajstić information content (AvgIpc) is 2.02. The Balaban J connectivity index is 3.34. The summed E-state index contributed by atoms with van der Waals surface area (Å²) in [7, 11) is -1.83. The number of hydrogen-bond acceptors (Lipinski definition) is 3. The molecule has 0 saturated carbocycles. The van der Waals surface area contributed by atoms with Gasteiger partial charge in [0.2, 0.25) is 0 Å². The van der Waals surface area contributed by atoms with Crippen molar-refractivity contribution in [3.63, 3.8) is 0 Å². The maximum absolute atomic E-state index is 10.6. The van der Waals surface area contributed by atoms with Crippen molar-refractivity contribution >= 4 is 30.2 Å². The van der Waals surface area contributed by atoms with Crippen molar-refractivity contribution < 1.29 is 19.9 Å². The van der Waals surface area contributed by atoms with Gasteiger partial charge in [0.1, 0.15) is 0 Å². The third-order valence-corrected chi connectivity index (χ3v) is 1.85. The number of carboxylic acids is 1. The van der Waals surface area contributed by atoms with Crippen LogP contribution in [0.5, 0.6) is 0 Å². The fourth-order valence-electron chi connectivity index (χ4n) is 0.982. The van der Waals surface area contributed by atoms with Gasteiger partial charge in [-0.3, -0.25) is 0 Å². The number of halogens is 1. The summed E-state index contributed by atoms with van der Waals surface area (Å²) in [6.45, 7) is 0. The SMILES string of the molecule is O=C(O)c1c(Cl)cccc1B(O)O. The molecule has 0 saturated heterocycles. The standard InChI is InChI=1S/C7H6BClO4/c9-5-3-1-2-4(8(12)13)6(5)7(10)11/h1-3,12-13H,(H,10,11). The maximum atomic E-state index is 10.6. The van der Waals surface area contributed by atoms with Gasteiger partial charge in [0.05, 0.1) is 10.6 Å². The van der Waals surface area contributed by atoms with E-state index in [1.165, 1.54) is 18.2 Å². The number of carbonyl (C=O) groups is 1. The van der Waals surface area contributed by atoms with Crippen LogP contribution in [0.4, 0.5) is 0 Å². The van der Waals surface area contributed by atoms with Gasteiger partial charge in [-0.1, -0.05) is 23.7 Å². The van der Waals surface area contributed by atoms with Crippen molar-refractivity contribution in [2.45, 2.75) is 0 Å². The Morgan fingerprint density at radius 1 is 1.38 bits per heavy atom. The summed E-state index contributed by atoms with van der Waals surface area (Å²) < 4.78 is 0. The second kappa shape index (κ2) is 3.78. The lowest BCUT2D eigenvalue weighted by atomic mass is 9.77. The molecule has 0 unspecified atom stereocenters. The minimum atomic E-state index is -1.83. The van der Waals surface area contributed by atoms with Crippen molar-refractivity contribution in [1.29, 1.82) is 0 Å². The average molecular weight is 200 g/mol. The van der Waals surface area contributed by atoms with Crippen molar-refractivity contribution in [3.05, 3.63) is 28.8 Å². The van der Waals surface area contributed by atoms with E-state index in [2.05, 4.69) is 0 Å². The molecular formula is C7H6BClO4. The number of rotatable bonds is 2. The summed E-state index contributed by atoms with van der Waals surface area (Å²) in [6.07, 6.45) is 0. The van der Waals surface area contributed by atoms with E-state index in [1.54, 1.807) is 0 Å². The molecule has 0 spiro atoms. The van der Waals surface area contributed by atoms with E-state index in [0.717, 1.165) is 0 Å². The molecule has 0 bridgehead atoms. The molecule has 0 aliphatic rings. The zero-order valence-corrected chi connectivity index (χ0v) is 7.19. The van der Waals surface area contributed by atoms with Crippen molar-refractivity contribution in [1.82, 2.24) is 0 Å². The summed E-state index contributed by atoms with van der Waals surface area (Å²) >= 11 is 5.57. The third kappa shape index (κ3) is 2.00. The van der Waals surface area contributed by atoms with Crippen LogP contribution in [-0.2, 0) is 0 Å². The first-order valence-corrected chi connectivity index (χ1v) is 3.79. The molecule has 0 aromatic heterocycles. The van der Waals surface area contributed by atoms with Crippen molar-refractivity contribution in [3.8, 4) is 0 Å². The normalized spacial score (nSPS) is 9.77. The van der Waals surface area contributed by atoms with Crippen LogP contribution >= 0.6 is 11.6 Å². The van der Waals surface area contributed by atoms with Crippen LogP contribution < -0.4 is 5.46 Å². The molecule has 68 valence electrons. The van der Waals surface area contributed by atoms with Crippen LogP contribution in [0.2, 0.25) is 5.02 Å².